The number of nitrogens with one attached hydrogen (secondary N) is 1. The summed E-state index contributed by atoms with van der Waals surface area (Å²) in [5.41, 5.74) is 8.74. The summed E-state index contributed by atoms with van der Waals surface area (Å²) in [6, 6.07) is 12.6. The molecule has 0 saturated carbocycles. The fraction of sp³-hybridized carbons (Fsp3) is 0.133. The quantitative estimate of drug-likeness (QED) is 0.662. The Hall–Kier alpha value is -2.00. The van der Waals surface area contributed by atoms with Gasteiger partial charge in [-0.05, 0) is 30.7 Å². The number of nitrogen functional groups attached to an aromatic ring is 1. The normalized spacial score (nSPS) is 10.2. The molecular weight excluding hydrogens is 260 g/mol. The van der Waals surface area contributed by atoms with E-state index >= 15 is 0 Å². The summed E-state index contributed by atoms with van der Waals surface area (Å²) < 4.78 is 0. The zero-order valence-corrected chi connectivity index (χ0v) is 11.4. The second-order valence-electron chi connectivity index (χ2n) is 4.33. The summed E-state index contributed by atoms with van der Waals surface area (Å²) in [6.45, 7) is 2.10. The zero-order valence-electron chi connectivity index (χ0n) is 10.6. The van der Waals surface area contributed by atoms with Gasteiger partial charge in [-0.2, -0.15) is 0 Å². The molecule has 0 aliphatic rings. The first-order valence-electron chi connectivity index (χ1n) is 5.95. The first-order chi connectivity index (χ1) is 9.08. The van der Waals surface area contributed by atoms with Crippen LogP contribution >= 0.6 is 11.6 Å². The van der Waals surface area contributed by atoms with Gasteiger partial charge in [-0.15, -0.1) is 0 Å². The molecule has 0 aliphatic carbocycles. The fourth-order valence-electron chi connectivity index (χ4n) is 1.70. The lowest BCUT2D eigenvalue weighted by Crippen LogP contribution is -2.14. The summed E-state index contributed by atoms with van der Waals surface area (Å²) in [4.78, 5) is 12.0. The number of aryl methyl sites for hydroxylation is 1. The molecule has 0 radical (unpaired) electrons. The maximum atomic E-state index is 12.0. The zero-order chi connectivity index (χ0) is 13.8. The molecule has 0 spiro atoms. The predicted octanol–water partition coefficient (Wildman–Crippen LogP) is 3.53. The summed E-state index contributed by atoms with van der Waals surface area (Å²) in [5, 5.41) is 3.62. The van der Waals surface area contributed by atoms with Crippen molar-refractivity contribution in [3.05, 3.63) is 58.6 Å². The van der Waals surface area contributed by atoms with E-state index in [0.29, 0.717) is 16.3 Å². The van der Waals surface area contributed by atoms with Gasteiger partial charge in [-0.3, -0.25) is 4.79 Å². The van der Waals surface area contributed by atoms with Crippen LogP contribution < -0.4 is 11.1 Å². The Labute approximate surface area is 117 Å². The molecule has 0 aromatic heterocycles. The van der Waals surface area contributed by atoms with Crippen LogP contribution in [0.1, 0.15) is 15.9 Å². The summed E-state index contributed by atoms with van der Waals surface area (Å²) in [7, 11) is 0. The standard InChI is InChI=1S/C15H15ClN2O/c1-10-6-7-11(8-13(10)17)15(19)9-18-14-5-3-2-4-12(14)16/h2-8,18H,9,17H2,1H3. The Kier molecular flexibility index (Phi) is 4.07. The molecule has 4 heteroatoms. The van der Waals surface area contributed by atoms with Gasteiger partial charge in [0.2, 0.25) is 0 Å². The van der Waals surface area contributed by atoms with E-state index in [1.165, 1.54) is 0 Å². The molecule has 3 N–H and O–H groups in total. The Balaban J connectivity index is 2.05. The molecule has 2 aromatic carbocycles. The third-order valence-electron chi connectivity index (χ3n) is 2.91. The monoisotopic (exact) mass is 274 g/mol. The third kappa shape index (κ3) is 3.26. The third-order valence-corrected chi connectivity index (χ3v) is 3.24. The van der Waals surface area contributed by atoms with Crippen molar-refractivity contribution in [1.29, 1.82) is 0 Å². The molecular formula is C15H15ClN2O. The van der Waals surface area contributed by atoms with E-state index in [1.807, 2.05) is 31.2 Å². The van der Waals surface area contributed by atoms with Crippen molar-refractivity contribution in [2.24, 2.45) is 0 Å². The van der Waals surface area contributed by atoms with Gasteiger partial charge in [0.1, 0.15) is 0 Å². The first kappa shape index (κ1) is 13.4. The average Bonchev–Trinajstić information content (AvgIpc) is 2.40. The van der Waals surface area contributed by atoms with Gasteiger partial charge in [0.05, 0.1) is 17.3 Å². The van der Waals surface area contributed by atoms with Crippen molar-refractivity contribution in [2.45, 2.75) is 6.92 Å². The van der Waals surface area contributed by atoms with Gasteiger partial charge in [-0.1, -0.05) is 35.9 Å². The van der Waals surface area contributed by atoms with E-state index in [0.717, 1.165) is 11.3 Å². The number of benzene rings is 2. The molecule has 0 amide bonds. The van der Waals surface area contributed by atoms with Crippen molar-refractivity contribution < 1.29 is 4.79 Å². The minimum absolute atomic E-state index is 0.0216. The number of hydrogen-bond acceptors (Lipinski definition) is 3. The van der Waals surface area contributed by atoms with Crippen LogP contribution in [0.5, 0.6) is 0 Å². The molecule has 98 valence electrons. The van der Waals surface area contributed by atoms with Crippen molar-refractivity contribution in [3.63, 3.8) is 0 Å². The maximum Gasteiger partial charge on any atom is 0.181 e. The highest BCUT2D eigenvalue weighted by molar-refractivity contribution is 6.33. The highest BCUT2D eigenvalue weighted by Gasteiger charge is 2.08. The Morgan fingerprint density at radius 3 is 2.68 bits per heavy atom. The lowest BCUT2D eigenvalue weighted by molar-refractivity contribution is 0.101. The first-order valence-corrected chi connectivity index (χ1v) is 6.33. The van der Waals surface area contributed by atoms with Crippen LogP contribution in [0.2, 0.25) is 5.02 Å². The lowest BCUT2D eigenvalue weighted by atomic mass is 10.1. The minimum Gasteiger partial charge on any atom is -0.398 e. The van der Waals surface area contributed by atoms with Crippen LogP contribution in [0.3, 0.4) is 0 Å². The van der Waals surface area contributed by atoms with Crippen LogP contribution in [-0.2, 0) is 0 Å². The molecule has 0 fully saturated rings. The van der Waals surface area contributed by atoms with Crippen LogP contribution in [0.25, 0.3) is 0 Å². The topological polar surface area (TPSA) is 55.1 Å². The average molecular weight is 275 g/mol. The summed E-state index contributed by atoms with van der Waals surface area (Å²) >= 11 is 6.01. The number of nitrogens with two attached hydrogens (primary N) is 1. The van der Waals surface area contributed by atoms with Crippen molar-refractivity contribution >= 4 is 28.8 Å². The number of anilines is 2. The number of ketones is 1. The lowest BCUT2D eigenvalue weighted by Gasteiger charge is -2.08. The smallest absolute Gasteiger partial charge is 0.181 e. The molecule has 0 heterocycles. The van der Waals surface area contributed by atoms with Gasteiger partial charge in [-0.25, -0.2) is 0 Å². The minimum atomic E-state index is -0.0216. The number of para-hydroxylation sites is 1. The number of carbonyl (C=O) groups is 1. The number of Topliss-reactive ketones (excluding diaryl/α,β-unsaturated/α-hetero) is 1. The number of hydrogen-bond donors (Lipinski definition) is 2. The van der Waals surface area contributed by atoms with E-state index in [4.69, 9.17) is 17.3 Å². The molecule has 2 rings (SSSR count). The molecule has 0 aliphatic heterocycles. The molecule has 2 aromatic rings. The number of rotatable bonds is 4. The maximum absolute atomic E-state index is 12.0. The van der Waals surface area contributed by atoms with Gasteiger partial charge in [0.25, 0.3) is 0 Å². The van der Waals surface area contributed by atoms with E-state index in [1.54, 1.807) is 18.2 Å². The van der Waals surface area contributed by atoms with E-state index in [9.17, 15) is 4.79 Å². The van der Waals surface area contributed by atoms with Gasteiger partial charge < -0.3 is 11.1 Å². The van der Waals surface area contributed by atoms with E-state index in [-0.39, 0.29) is 12.3 Å². The second-order valence-corrected chi connectivity index (χ2v) is 4.74. The van der Waals surface area contributed by atoms with Gasteiger partial charge in [0.15, 0.2) is 5.78 Å². The van der Waals surface area contributed by atoms with Crippen LogP contribution in [-0.4, -0.2) is 12.3 Å². The van der Waals surface area contributed by atoms with Crippen molar-refractivity contribution in [1.82, 2.24) is 0 Å². The molecule has 0 saturated heterocycles. The molecule has 3 nitrogen and oxygen atoms in total. The van der Waals surface area contributed by atoms with Crippen LogP contribution in [0.15, 0.2) is 42.5 Å². The summed E-state index contributed by atoms with van der Waals surface area (Å²) in [5.74, 6) is -0.0216. The van der Waals surface area contributed by atoms with Crippen LogP contribution in [0, 0.1) is 6.92 Å². The SMILES string of the molecule is Cc1ccc(C(=O)CNc2ccccc2Cl)cc1N. The molecule has 0 bridgehead atoms. The van der Waals surface area contributed by atoms with Crippen molar-refractivity contribution in [2.75, 3.05) is 17.6 Å². The van der Waals surface area contributed by atoms with E-state index < -0.39 is 0 Å². The fourth-order valence-corrected chi connectivity index (χ4v) is 1.90. The Morgan fingerprint density at radius 1 is 1.26 bits per heavy atom. The molecule has 0 atom stereocenters. The summed E-state index contributed by atoms with van der Waals surface area (Å²) in [6.07, 6.45) is 0. The Bertz CT molecular complexity index is 611. The molecule has 19 heavy (non-hydrogen) atoms. The Morgan fingerprint density at radius 2 is 2.00 bits per heavy atom. The van der Waals surface area contributed by atoms with E-state index in [2.05, 4.69) is 5.32 Å². The van der Waals surface area contributed by atoms with Gasteiger partial charge in [0, 0.05) is 11.3 Å². The number of halogens is 1. The number of carbonyl (C=O) groups excluding carboxylic acids is 1. The largest absolute Gasteiger partial charge is 0.398 e. The highest BCUT2D eigenvalue weighted by Crippen LogP contribution is 2.20. The molecule has 0 unspecified atom stereocenters. The predicted molar refractivity (Wildman–Crippen MR) is 79.9 cm³/mol. The highest BCUT2D eigenvalue weighted by atomic mass is 35.5. The second kappa shape index (κ2) is 5.76. The van der Waals surface area contributed by atoms with Crippen LogP contribution in [0.4, 0.5) is 11.4 Å². The van der Waals surface area contributed by atoms with Crippen molar-refractivity contribution in [3.8, 4) is 0 Å². The van der Waals surface area contributed by atoms with Gasteiger partial charge >= 0.3 is 0 Å².